The van der Waals surface area contributed by atoms with E-state index < -0.39 is 0 Å². The SMILES string of the molecule is Cc1csc(CNc2ccccc2-c2cccs2)n1. The fourth-order valence-corrected chi connectivity index (χ4v) is 3.42. The van der Waals surface area contributed by atoms with Crippen LogP contribution < -0.4 is 5.32 Å². The van der Waals surface area contributed by atoms with Gasteiger partial charge < -0.3 is 5.32 Å². The van der Waals surface area contributed by atoms with Crippen molar-refractivity contribution in [2.45, 2.75) is 13.5 Å². The van der Waals surface area contributed by atoms with Crippen molar-refractivity contribution in [3.63, 3.8) is 0 Å². The second kappa shape index (κ2) is 5.55. The van der Waals surface area contributed by atoms with E-state index in [0.29, 0.717) is 0 Å². The fourth-order valence-electron chi connectivity index (χ4n) is 1.94. The number of aromatic nitrogens is 1. The molecule has 96 valence electrons. The summed E-state index contributed by atoms with van der Waals surface area (Å²) in [5.74, 6) is 0. The second-order valence-corrected chi connectivity index (χ2v) is 6.15. The lowest BCUT2D eigenvalue weighted by Gasteiger charge is -2.09. The number of thiazole rings is 1. The summed E-state index contributed by atoms with van der Waals surface area (Å²) in [6, 6.07) is 12.6. The number of nitrogens with zero attached hydrogens (tertiary/aromatic N) is 1. The Bertz CT molecular complexity index is 656. The highest BCUT2D eigenvalue weighted by molar-refractivity contribution is 7.13. The zero-order valence-electron chi connectivity index (χ0n) is 10.6. The molecule has 3 aromatic rings. The van der Waals surface area contributed by atoms with Crippen LogP contribution >= 0.6 is 22.7 Å². The number of hydrogen-bond donors (Lipinski definition) is 1. The molecule has 3 rings (SSSR count). The molecule has 2 nitrogen and oxygen atoms in total. The van der Waals surface area contributed by atoms with Gasteiger partial charge in [-0.2, -0.15) is 0 Å². The molecule has 0 aliphatic carbocycles. The molecule has 0 unspecified atom stereocenters. The van der Waals surface area contributed by atoms with Gasteiger partial charge >= 0.3 is 0 Å². The van der Waals surface area contributed by atoms with Crippen molar-refractivity contribution < 1.29 is 0 Å². The number of aryl methyl sites for hydroxylation is 1. The molecule has 0 aliphatic heterocycles. The summed E-state index contributed by atoms with van der Waals surface area (Å²) in [5, 5.41) is 8.80. The van der Waals surface area contributed by atoms with Gasteiger partial charge in [-0.15, -0.1) is 22.7 Å². The van der Waals surface area contributed by atoms with Gasteiger partial charge in [0.05, 0.1) is 6.54 Å². The summed E-state index contributed by atoms with van der Waals surface area (Å²) in [4.78, 5) is 5.77. The van der Waals surface area contributed by atoms with Gasteiger partial charge in [0.2, 0.25) is 0 Å². The molecule has 19 heavy (non-hydrogen) atoms. The van der Waals surface area contributed by atoms with E-state index in [1.54, 1.807) is 22.7 Å². The number of para-hydroxylation sites is 1. The highest BCUT2D eigenvalue weighted by Gasteiger charge is 2.06. The van der Waals surface area contributed by atoms with Gasteiger partial charge in [-0.1, -0.05) is 24.3 Å². The molecule has 0 spiro atoms. The fraction of sp³-hybridized carbons (Fsp3) is 0.133. The maximum absolute atomic E-state index is 4.48. The van der Waals surface area contributed by atoms with Crippen molar-refractivity contribution >= 4 is 28.4 Å². The van der Waals surface area contributed by atoms with Gasteiger partial charge in [0, 0.05) is 27.2 Å². The number of rotatable bonds is 4. The molecular weight excluding hydrogens is 272 g/mol. The van der Waals surface area contributed by atoms with E-state index >= 15 is 0 Å². The second-order valence-electron chi connectivity index (χ2n) is 4.26. The van der Waals surface area contributed by atoms with Crippen molar-refractivity contribution in [2.75, 3.05) is 5.32 Å². The lowest BCUT2D eigenvalue weighted by atomic mass is 10.1. The van der Waals surface area contributed by atoms with Crippen LogP contribution in [0.4, 0.5) is 5.69 Å². The van der Waals surface area contributed by atoms with Crippen LogP contribution in [-0.2, 0) is 6.54 Å². The first-order chi connectivity index (χ1) is 9.33. The molecule has 4 heteroatoms. The predicted molar refractivity (Wildman–Crippen MR) is 83.9 cm³/mol. The molecule has 2 aromatic heterocycles. The Morgan fingerprint density at radius 1 is 1.11 bits per heavy atom. The molecule has 0 saturated carbocycles. The van der Waals surface area contributed by atoms with Crippen LogP contribution in [0.1, 0.15) is 10.7 Å². The number of benzene rings is 1. The molecule has 1 aromatic carbocycles. The number of thiophene rings is 1. The van der Waals surface area contributed by atoms with Crippen molar-refractivity contribution in [1.29, 1.82) is 0 Å². The van der Waals surface area contributed by atoms with Gasteiger partial charge in [0.1, 0.15) is 5.01 Å². The first-order valence-corrected chi connectivity index (χ1v) is 7.86. The summed E-state index contributed by atoms with van der Waals surface area (Å²) in [6.07, 6.45) is 0. The Morgan fingerprint density at radius 3 is 2.74 bits per heavy atom. The first kappa shape index (κ1) is 12.4. The zero-order chi connectivity index (χ0) is 13.1. The summed E-state index contributed by atoms with van der Waals surface area (Å²) in [7, 11) is 0. The normalized spacial score (nSPS) is 10.6. The molecule has 0 atom stereocenters. The van der Waals surface area contributed by atoms with E-state index in [9.17, 15) is 0 Å². The maximum atomic E-state index is 4.48. The van der Waals surface area contributed by atoms with E-state index in [1.165, 1.54) is 10.4 Å². The highest BCUT2D eigenvalue weighted by Crippen LogP contribution is 2.31. The first-order valence-electron chi connectivity index (χ1n) is 6.11. The standard InChI is InChI=1S/C15H14N2S2/c1-11-10-19-15(17-11)9-16-13-6-3-2-5-12(13)14-7-4-8-18-14/h2-8,10,16H,9H2,1H3. The molecule has 2 heterocycles. The number of nitrogens with one attached hydrogen (secondary N) is 1. The Morgan fingerprint density at radius 2 is 2.00 bits per heavy atom. The summed E-state index contributed by atoms with van der Waals surface area (Å²) in [5.41, 5.74) is 3.51. The topological polar surface area (TPSA) is 24.9 Å². The van der Waals surface area contributed by atoms with Gasteiger partial charge in [-0.25, -0.2) is 4.98 Å². The van der Waals surface area contributed by atoms with Crippen LogP contribution in [0.25, 0.3) is 10.4 Å². The van der Waals surface area contributed by atoms with E-state index in [2.05, 4.69) is 57.5 Å². The van der Waals surface area contributed by atoms with Crippen LogP contribution in [0.5, 0.6) is 0 Å². The summed E-state index contributed by atoms with van der Waals surface area (Å²) >= 11 is 3.46. The zero-order valence-corrected chi connectivity index (χ0v) is 12.2. The average Bonchev–Trinajstić information content (AvgIpc) is 3.08. The third-order valence-electron chi connectivity index (χ3n) is 2.81. The van der Waals surface area contributed by atoms with Gasteiger partial charge in [0.25, 0.3) is 0 Å². The Kier molecular flexibility index (Phi) is 3.62. The molecule has 0 aliphatic rings. The van der Waals surface area contributed by atoms with Crippen LogP contribution in [0.3, 0.4) is 0 Å². The van der Waals surface area contributed by atoms with Crippen molar-refractivity contribution in [3.8, 4) is 10.4 Å². The minimum Gasteiger partial charge on any atom is -0.378 e. The largest absolute Gasteiger partial charge is 0.378 e. The molecule has 0 bridgehead atoms. The van der Waals surface area contributed by atoms with E-state index in [-0.39, 0.29) is 0 Å². The average molecular weight is 286 g/mol. The molecule has 1 N–H and O–H groups in total. The Labute approximate surface area is 120 Å². The molecule has 0 fully saturated rings. The lowest BCUT2D eigenvalue weighted by Crippen LogP contribution is -2.00. The third kappa shape index (κ3) is 2.85. The van der Waals surface area contributed by atoms with Gasteiger partial charge in [-0.05, 0) is 24.4 Å². The smallest absolute Gasteiger partial charge is 0.112 e. The molecular formula is C15H14N2S2. The van der Waals surface area contributed by atoms with E-state index in [1.807, 2.05) is 6.92 Å². The van der Waals surface area contributed by atoms with Crippen molar-refractivity contribution in [1.82, 2.24) is 4.98 Å². The summed E-state index contributed by atoms with van der Waals surface area (Å²) < 4.78 is 0. The lowest BCUT2D eigenvalue weighted by molar-refractivity contribution is 1.08. The molecule has 0 saturated heterocycles. The van der Waals surface area contributed by atoms with Crippen molar-refractivity contribution in [3.05, 3.63) is 57.9 Å². The summed E-state index contributed by atoms with van der Waals surface area (Å²) in [6.45, 7) is 2.81. The predicted octanol–water partition coefficient (Wildman–Crippen LogP) is 4.79. The number of anilines is 1. The quantitative estimate of drug-likeness (QED) is 0.745. The van der Waals surface area contributed by atoms with E-state index in [4.69, 9.17) is 0 Å². The van der Waals surface area contributed by atoms with Crippen LogP contribution in [0.15, 0.2) is 47.2 Å². The molecule has 0 amide bonds. The van der Waals surface area contributed by atoms with Gasteiger partial charge in [0.15, 0.2) is 0 Å². The number of hydrogen-bond acceptors (Lipinski definition) is 4. The minimum absolute atomic E-state index is 0.779. The van der Waals surface area contributed by atoms with E-state index in [0.717, 1.165) is 22.9 Å². The maximum Gasteiger partial charge on any atom is 0.112 e. The Hall–Kier alpha value is -1.65. The third-order valence-corrected chi connectivity index (χ3v) is 4.68. The minimum atomic E-state index is 0.779. The van der Waals surface area contributed by atoms with Crippen LogP contribution in [-0.4, -0.2) is 4.98 Å². The Balaban J connectivity index is 1.81. The highest BCUT2D eigenvalue weighted by atomic mass is 32.1. The van der Waals surface area contributed by atoms with Gasteiger partial charge in [-0.3, -0.25) is 0 Å². The van der Waals surface area contributed by atoms with Crippen molar-refractivity contribution in [2.24, 2.45) is 0 Å². The van der Waals surface area contributed by atoms with Crippen LogP contribution in [0.2, 0.25) is 0 Å². The monoisotopic (exact) mass is 286 g/mol. The van der Waals surface area contributed by atoms with Crippen LogP contribution in [0, 0.1) is 6.92 Å². The molecule has 0 radical (unpaired) electrons.